The van der Waals surface area contributed by atoms with E-state index in [1.807, 2.05) is 19.1 Å². The number of nitrogens with zero attached hydrogens (tertiary/aromatic N) is 1. The summed E-state index contributed by atoms with van der Waals surface area (Å²) in [6.07, 6.45) is 1.83. The van der Waals surface area contributed by atoms with Crippen LogP contribution in [0, 0.1) is 6.92 Å². The maximum atomic E-state index is 12.0. The number of rotatable bonds is 6. The molecule has 0 saturated heterocycles. The second-order valence-electron chi connectivity index (χ2n) is 4.89. The van der Waals surface area contributed by atoms with E-state index < -0.39 is 0 Å². The fourth-order valence-corrected chi connectivity index (χ4v) is 1.95. The van der Waals surface area contributed by atoms with Crippen LogP contribution in [0.25, 0.3) is 0 Å². The molecule has 2 aromatic rings. The summed E-state index contributed by atoms with van der Waals surface area (Å²) in [5, 5.41) is 2.65. The summed E-state index contributed by atoms with van der Waals surface area (Å²) < 4.78 is 5.11. The Morgan fingerprint density at radius 1 is 1.14 bits per heavy atom. The van der Waals surface area contributed by atoms with Gasteiger partial charge in [0.05, 0.1) is 7.11 Å². The van der Waals surface area contributed by atoms with E-state index in [1.54, 1.807) is 30.5 Å². The first-order valence-electron chi connectivity index (χ1n) is 6.99. The summed E-state index contributed by atoms with van der Waals surface area (Å²) in [6, 6.07) is 10.7. The number of anilines is 1. The number of hydrogen-bond acceptors (Lipinski definition) is 4. The fourth-order valence-electron chi connectivity index (χ4n) is 1.95. The van der Waals surface area contributed by atoms with Crippen LogP contribution >= 0.6 is 0 Å². The molecule has 0 bridgehead atoms. The van der Waals surface area contributed by atoms with Crippen molar-refractivity contribution in [1.29, 1.82) is 0 Å². The quantitative estimate of drug-likeness (QED) is 0.832. The number of hydrogen-bond donors (Lipinski definition) is 1. The molecule has 1 aromatic carbocycles. The Morgan fingerprint density at radius 2 is 1.86 bits per heavy atom. The average Bonchev–Trinajstić information content (AvgIpc) is 2.54. The van der Waals surface area contributed by atoms with Crippen LogP contribution in [0.2, 0.25) is 0 Å². The molecule has 0 radical (unpaired) electrons. The molecule has 0 saturated carbocycles. The Labute approximate surface area is 129 Å². The van der Waals surface area contributed by atoms with Gasteiger partial charge in [0, 0.05) is 24.6 Å². The maximum Gasteiger partial charge on any atom is 0.226 e. The van der Waals surface area contributed by atoms with Gasteiger partial charge >= 0.3 is 0 Å². The van der Waals surface area contributed by atoms with Crippen LogP contribution in [-0.2, 0) is 4.79 Å². The summed E-state index contributed by atoms with van der Waals surface area (Å²) in [7, 11) is 1.51. The van der Waals surface area contributed by atoms with Gasteiger partial charge in [0.2, 0.25) is 5.91 Å². The molecule has 22 heavy (non-hydrogen) atoms. The van der Waals surface area contributed by atoms with E-state index in [9.17, 15) is 9.59 Å². The van der Waals surface area contributed by atoms with E-state index in [0.717, 1.165) is 5.56 Å². The van der Waals surface area contributed by atoms with E-state index in [0.29, 0.717) is 17.1 Å². The predicted molar refractivity (Wildman–Crippen MR) is 84.2 cm³/mol. The number of ketones is 1. The highest BCUT2D eigenvalue weighted by Crippen LogP contribution is 2.20. The van der Waals surface area contributed by atoms with Crippen LogP contribution in [0.1, 0.15) is 28.8 Å². The molecule has 0 aliphatic heterocycles. The Hall–Kier alpha value is -2.69. The molecule has 1 amide bonds. The lowest BCUT2D eigenvalue weighted by Crippen LogP contribution is -2.15. The monoisotopic (exact) mass is 298 g/mol. The summed E-state index contributed by atoms with van der Waals surface area (Å²) in [6.45, 7) is 1.96. The SMILES string of the molecule is COc1cccnc1NC(=O)CCC(=O)c1ccc(C)cc1. The van der Waals surface area contributed by atoms with Crippen LogP contribution in [0.15, 0.2) is 42.6 Å². The molecule has 0 unspecified atom stereocenters. The number of ether oxygens (including phenoxy) is 1. The standard InChI is InChI=1S/C17H18N2O3/c1-12-5-7-13(8-6-12)14(20)9-10-16(21)19-17-15(22-2)4-3-11-18-17/h3-8,11H,9-10H2,1-2H3,(H,18,19,21). The third kappa shape index (κ3) is 4.15. The average molecular weight is 298 g/mol. The third-order valence-electron chi connectivity index (χ3n) is 3.20. The molecule has 0 fully saturated rings. The normalized spacial score (nSPS) is 10.1. The smallest absolute Gasteiger partial charge is 0.226 e. The van der Waals surface area contributed by atoms with Gasteiger partial charge in [-0.3, -0.25) is 9.59 Å². The lowest BCUT2D eigenvalue weighted by Gasteiger charge is -2.08. The molecular weight excluding hydrogens is 280 g/mol. The van der Waals surface area contributed by atoms with Crippen LogP contribution in [0.5, 0.6) is 5.75 Å². The Kier molecular flexibility index (Phi) is 5.25. The number of carbonyl (C=O) groups is 2. The van der Waals surface area contributed by atoms with Crippen molar-refractivity contribution in [3.63, 3.8) is 0 Å². The summed E-state index contributed by atoms with van der Waals surface area (Å²) in [5.41, 5.74) is 1.71. The van der Waals surface area contributed by atoms with Gasteiger partial charge in [-0.2, -0.15) is 0 Å². The number of benzene rings is 1. The minimum atomic E-state index is -0.266. The minimum absolute atomic E-state index is 0.0527. The summed E-state index contributed by atoms with van der Waals surface area (Å²) >= 11 is 0. The molecule has 5 nitrogen and oxygen atoms in total. The van der Waals surface area contributed by atoms with Crippen molar-refractivity contribution in [1.82, 2.24) is 4.98 Å². The number of Topliss-reactive ketones (excluding diaryl/α,β-unsaturated/α-hetero) is 1. The van der Waals surface area contributed by atoms with E-state index in [4.69, 9.17) is 4.74 Å². The summed E-state index contributed by atoms with van der Waals surface area (Å²) in [5.74, 6) is 0.527. The molecular formula is C17H18N2O3. The highest BCUT2D eigenvalue weighted by Gasteiger charge is 2.11. The number of amides is 1. The Balaban J connectivity index is 1.90. The van der Waals surface area contributed by atoms with Gasteiger partial charge in [-0.25, -0.2) is 4.98 Å². The zero-order valence-corrected chi connectivity index (χ0v) is 12.6. The number of nitrogens with one attached hydrogen (secondary N) is 1. The van der Waals surface area contributed by atoms with Crippen molar-refractivity contribution in [2.75, 3.05) is 12.4 Å². The molecule has 5 heteroatoms. The number of methoxy groups -OCH3 is 1. The van der Waals surface area contributed by atoms with Gasteiger partial charge in [0.1, 0.15) is 0 Å². The molecule has 1 heterocycles. The number of pyridine rings is 1. The number of aryl methyl sites for hydroxylation is 1. The first kappa shape index (κ1) is 15.7. The van der Waals surface area contributed by atoms with Crippen molar-refractivity contribution in [2.24, 2.45) is 0 Å². The first-order valence-corrected chi connectivity index (χ1v) is 6.99. The molecule has 0 atom stereocenters. The Bertz CT molecular complexity index is 666. The van der Waals surface area contributed by atoms with Gasteiger partial charge in [-0.1, -0.05) is 29.8 Å². The lowest BCUT2D eigenvalue weighted by atomic mass is 10.1. The second-order valence-corrected chi connectivity index (χ2v) is 4.89. The zero-order chi connectivity index (χ0) is 15.9. The third-order valence-corrected chi connectivity index (χ3v) is 3.20. The van der Waals surface area contributed by atoms with Crippen molar-refractivity contribution in [2.45, 2.75) is 19.8 Å². The number of aromatic nitrogens is 1. The molecule has 2 rings (SSSR count). The van der Waals surface area contributed by atoms with E-state index >= 15 is 0 Å². The molecule has 114 valence electrons. The largest absolute Gasteiger partial charge is 0.493 e. The number of carbonyl (C=O) groups excluding carboxylic acids is 2. The summed E-state index contributed by atoms with van der Waals surface area (Å²) in [4.78, 5) is 28.0. The van der Waals surface area contributed by atoms with Gasteiger partial charge in [0.25, 0.3) is 0 Å². The molecule has 0 aliphatic carbocycles. The molecule has 0 spiro atoms. The van der Waals surface area contributed by atoms with E-state index in [-0.39, 0.29) is 24.5 Å². The van der Waals surface area contributed by atoms with E-state index in [1.165, 1.54) is 7.11 Å². The maximum absolute atomic E-state index is 12.0. The highest BCUT2D eigenvalue weighted by atomic mass is 16.5. The van der Waals surface area contributed by atoms with Crippen molar-refractivity contribution in [3.05, 3.63) is 53.7 Å². The first-order chi connectivity index (χ1) is 10.6. The van der Waals surface area contributed by atoms with Gasteiger partial charge < -0.3 is 10.1 Å². The predicted octanol–water partition coefficient (Wildman–Crippen LogP) is 3.00. The van der Waals surface area contributed by atoms with Crippen LogP contribution in [0.3, 0.4) is 0 Å². The van der Waals surface area contributed by atoms with Crippen molar-refractivity contribution >= 4 is 17.5 Å². The van der Waals surface area contributed by atoms with Gasteiger partial charge in [-0.05, 0) is 19.1 Å². The van der Waals surface area contributed by atoms with Gasteiger partial charge in [-0.15, -0.1) is 0 Å². The second kappa shape index (κ2) is 7.36. The Morgan fingerprint density at radius 3 is 2.55 bits per heavy atom. The molecule has 1 N–H and O–H groups in total. The minimum Gasteiger partial charge on any atom is -0.493 e. The zero-order valence-electron chi connectivity index (χ0n) is 12.6. The molecule has 1 aromatic heterocycles. The van der Waals surface area contributed by atoms with Gasteiger partial charge in [0.15, 0.2) is 17.4 Å². The molecule has 0 aliphatic rings. The lowest BCUT2D eigenvalue weighted by molar-refractivity contribution is -0.116. The van der Waals surface area contributed by atoms with Crippen molar-refractivity contribution in [3.8, 4) is 5.75 Å². The van der Waals surface area contributed by atoms with Crippen LogP contribution < -0.4 is 10.1 Å². The fraction of sp³-hybridized carbons (Fsp3) is 0.235. The topological polar surface area (TPSA) is 68.3 Å². The van der Waals surface area contributed by atoms with E-state index in [2.05, 4.69) is 10.3 Å². The van der Waals surface area contributed by atoms with Crippen LogP contribution in [0.4, 0.5) is 5.82 Å². The van der Waals surface area contributed by atoms with Crippen molar-refractivity contribution < 1.29 is 14.3 Å². The highest BCUT2D eigenvalue weighted by molar-refractivity contribution is 6.00. The van der Waals surface area contributed by atoms with Crippen LogP contribution in [-0.4, -0.2) is 23.8 Å².